The Bertz CT molecular complexity index is 1020. The first-order valence-electron chi connectivity index (χ1n) is 9.60. The number of rotatable bonds is 3. The Kier molecular flexibility index (Phi) is 4.24. The molecule has 0 N–H and O–H groups in total. The lowest BCUT2D eigenvalue weighted by atomic mass is 9.66. The number of carbonyl (C=O) groups excluding carboxylic acids is 1. The van der Waals surface area contributed by atoms with Crippen molar-refractivity contribution in [1.29, 1.82) is 0 Å². The number of amides is 1. The fourth-order valence-corrected chi connectivity index (χ4v) is 4.91. The molecule has 140 valence electrons. The van der Waals surface area contributed by atoms with Crippen LogP contribution in [0.15, 0.2) is 83.3 Å². The summed E-state index contributed by atoms with van der Waals surface area (Å²) in [5, 5.41) is 0. The van der Waals surface area contributed by atoms with E-state index in [-0.39, 0.29) is 5.91 Å². The molecule has 4 heteroatoms. The smallest absolute Gasteiger partial charge is 0.271 e. The molecule has 0 radical (unpaired) electrons. The normalized spacial score (nSPS) is 23.2. The Morgan fingerprint density at radius 2 is 1.64 bits per heavy atom. The van der Waals surface area contributed by atoms with Crippen molar-refractivity contribution in [2.45, 2.75) is 30.9 Å². The van der Waals surface area contributed by atoms with Crippen molar-refractivity contribution in [3.05, 3.63) is 94.5 Å². The number of fused-ring (bicyclic) bond motifs is 2. The lowest BCUT2D eigenvalue weighted by Crippen LogP contribution is -2.75. The van der Waals surface area contributed by atoms with E-state index in [1.54, 1.807) is 0 Å². The first-order chi connectivity index (χ1) is 13.7. The second-order valence-corrected chi connectivity index (χ2v) is 8.31. The summed E-state index contributed by atoms with van der Waals surface area (Å²) in [4.78, 5) is 15.3. The zero-order valence-corrected chi connectivity index (χ0v) is 16.9. The van der Waals surface area contributed by atoms with Crippen molar-refractivity contribution in [2.75, 3.05) is 4.90 Å². The lowest BCUT2D eigenvalue weighted by Gasteiger charge is -2.58. The van der Waals surface area contributed by atoms with Crippen molar-refractivity contribution in [1.82, 2.24) is 0 Å². The number of halogens is 1. The van der Waals surface area contributed by atoms with E-state index in [0.29, 0.717) is 0 Å². The van der Waals surface area contributed by atoms with Gasteiger partial charge in [0.1, 0.15) is 11.3 Å². The van der Waals surface area contributed by atoms with Gasteiger partial charge in [0.15, 0.2) is 0 Å². The third-order valence-electron chi connectivity index (χ3n) is 5.85. The molecule has 1 spiro atoms. The van der Waals surface area contributed by atoms with Crippen LogP contribution in [0.5, 0.6) is 5.75 Å². The van der Waals surface area contributed by atoms with E-state index < -0.39 is 11.6 Å². The zero-order valence-electron chi connectivity index (χ0n) is 15.3. The second kappa shape index (κ2) is 6.78. The van der Waals surface area contributed by atoms with Gasteiger partial charge in [0.25, 0.3) is 5.91 Å². The van der Waals surface area contributed by atoms with Crippen molar-refractivity contribution in [2.24, 2.45) is 0 Å². The third-order valence-corrected chi connectivity index (χ3v) is 6.38. The lowest BCUT2D eigenvalue weighted by molar-refractivity contribution is -0.143. The summed E-state index contributed by atoms with van der Waals surface area (Å²) in [6, 6.07) is 26.1. The van der Waals surface area contributed by atoms with Crippen LogP contribution in [0, 0.1) is 0 Å². The number of hydrogen-bond donors (Lipinski definition) is 0. The van der Waals surface area contributed by atoms with Crippen LogP contribution in [0.3, 0.4) is 0 Å². The van der Waals surface area contributed by atoms with Crippen LogP contribution in [0.2, 0.25) is 0 Å². The summed E-state index contributed by atoms with van der Waals surface area (Å²) in [5.41, 5.74) is 2.97. The summed E-state index contributed by atoms with van der Waals surface area (Å²) in [5.74, 6) is 0.751. The second-order valence-electron chi connectivity index (χ2n) is 7.40. The summed E-state index contributed by atoms with van der Waals surface area (Å²) in [6.07, 6.45) is 2.45. The molecular weight excluding hydrogens is 414 g/mol. The number of β-lactam (4-membered cyclic amide) rings is 1. The van der Waals surface area contributed by atoms with Gasteiger partial charge in [0.05, 0.1) is 0 Å². The van der Waals surface area contributed by atoms with Gasteiger partial charge in [0.2, 0.25) is 6.10 Å². The van der Waals surface area contributed by atoms with E-state index in [2.05, 4.69) is 40.2 Å². The van der Waals surface area contributed by atoms with Gasteiger partial charge in [-0.3, -0.25) is 9.69 Å². The summed E-state index contributed by atoms with van der Waals surface area (Å²) in [7, 11) is 0. The van der Waals surface area contributed by atoms with Gasteiger partial charge in [0, 0.05) is 10.2 Å². The zero-order chi connectivity index (χ0) is 19.1. The molecule has 1 saturated heterocycles. The van der Waals surface area contributed by atoms with Gasteiger partial charge in [-0.15, -0.1) is 0 Å². The quantitative estimate of drug-likeness (QED) is 0.512. The SMILES string of the molecule is O=C1C(Oc2ccccc2)C2(CCCc3ccccc32)N1c1ccc(Br)cc1. The maximum Gasteiger partial charge on any atom is 0.271 e. The summed E-state index contributed by atoms with van der Waals surface area (Å²) >= 11 is 3.49. The van der Waals surface area contributed by atoms with Crippen molar-refractivity contribution in [3.63, 3.8) is 0 Å². The molecule has 1 amide bonds. The summed E-state index contributed by atoms with van der Waals surface area (Å²) < 4.78 is 7.29. The minimum Gasteiger partial charge on any atom is -0.478 e. The van der Waals surface area contributed by atoms with E-state index in [9.17, 15) is 4.79 Å². The first kappa shape index (κ1) is 17.5. The predicted molar refractivity (Wildman–Crippen MR) is 114 cm³/mol. The van der Waals surface area contributed by atoms with Crippen LogP contribution < -0.4 is 9.64 Å². The maximum atomic E-state index is 13.3. The van der Waals surface area contributed by atoms with Gasteiger partial charge < -0.3 is 4.74 Å². The van der Waals surface area contributed by atoms with Crippen LogP contribution in [-0.4, -0.2) is 12.0 Å². The number of hydrogen-bond acceptors (Lipinski definition) is 2. The van der Waals surface area contributed by atoms with Gasteiger partial charge in [-0.2, -0.15) is 0 Å². The Morgan fingerprint density at radius 1 is 0.929 bits per heavy atom. The van der Waals surface area contributed by atoms with E-state index in [1.165, 1.54) is 11.1 Å². The fraction of sp³-hybridized carbons (Fsp3) is 0.208. The first-order valence-corrected chi connectivity index (χ1v) is 10.4. The number of ether oxygens (including phenoxy) is 1. The molecule has 2 atom stereocenters. The molecule has 28 heavy (non-hydrogen) atoms. The number of anilines is 1. The number of nitrogens with zero attached hydrogens (tertiary/aromatic N) is 1. The molecule has 2 unspecified atom stereocenters. The minimum absolute atomic E-state index is 0.0166. The number of carbonyl (C=O) groups is 1. The van der Waals surface area contributed by atoms with Crippen molar-refractivity contribution >= 4 is 27.5 Å². The maximum absolute atomic E-state index is 13.3. The fourth-order valence-electron chi connectivity index (χ4n) is 4.65. The average molecular weight is 434 g/mol. The standard InChI is InChI=1S/C24H20BrNO2/c25-18-12-14-19(15-13-18)26-23(27)22(28-20-9-2-1-3-10-20)24(26)16-6-8-17-7-4-5-11-21(17)24/h1-5,7,9-15,22H,6,8,16H2. The molecule has 5 rings (SSSR count). The molecule has 1 aliphatic carbocycles. The molecule has 1 heterocycles. The van der Waals surface area contributed by atoms with Crippen molar-refractivity contribution in [3.8, 4) is 5.75 Å². The minimum atomic E-state index is -0.514. The van der Waals surface area contributed by atoms with Gasteiger partial charge in [-0.25, -0.2) is 0 Å². The molecule has 0 bridgehead atoms. The van der Waals surface area contributed by atoms with E-state index >= 15 is 0 Å². The molecule has 1 aliphatic heterocycles. The van der Waals surface area contributed by atoms with E-state index in [0.717, 1.165) is 35.2 Å². The Morgan fingerprint density at radius 3 is 2.43 bits per heavy atom. The molecule has 1 fully saturated rings. The predicted octanol–water partition coefficient (Wildman–Crippen LogP) is 5.48. The number of para-hydroxylation sites is 1. The molecule has 0 saturated carbocycles. The van der Waals surface area contributed by atoms with E-state index in [4.69, 9.17) is 4.74 Å². The van der Waals surface area contributed by atoms with Gasteiger partial charge >= 0.3 is 0 Å². The monoisotopic (exact) mass is 433 g/mol. The molecule has 0 aromatic heterocycles. The number of aryl methyl sites for hydroxylation is 1. The molecule has 3 aromatic rings. The van der Waals surface area contributed by atoms with Crippen molar-refractivity contribution < 1.29 is 9.53 Å². The van der Waals surface area contributed by atoms with Crippen LogP contribution in [-0.2, 0) is 16.8 Å². The topological polar surface area (TPSA) is 29.5 Å². The highest BCUT2D eigenvalue weighted by Crippen LogP contribution is 2.52. The largest absolute Gasteiger partial charge is 0.478 e. The molecule has 3 nitrogen and oxygen atoms in total. The number of benzene rings is 3. The highest BCUT2D eigenvalue weighted by Gasteiger charge is 2.64. The molecular formula is C24H20BrNO2. The Labute approximate surface area is 173 Å². The van der Waals surface area contributed by atoms with Crippen LogP contribution in [0.4, 0.5) is 5.69 Å². The third kappa shape index (κ3) is 2.59. The molecule has 3 aromatic carbocycles. The molecule has 2 aliphatic rings. The van der Waals surface area contributed by atoms with E-state index in [1.807, 2.05) is 59.5 Å². The van der Waals surface area contributed by atoms with Crippen LogP contribution in [0.1, 0.15) is 24.0 Å². The van der Waals surface area contributed by atoms with Crippen LogP contribution in [0.25, 0.3) is 0 Å². The average Bonchev–Trinajstić information content (AvgIpc) is 2.74. The summed E-state index contributed by atoms with van der Waals surface area (Å²) in [6.45, 7) is 0. The highest BCUT2D eigenvalue weighted by molar-refractivity contribution is 9.10. The Balaban J connectivity index is 1.63. The van der Waals surface area contributed by atoms with Crippen LogP contribution >= 0.6 is 15.9 Å². The highest BCUT2D eigenvalue weighted by atomic mass is 79.9. The van der Waals surface area contributed by atoms with Gasteiger partial charge in [-0.1, -0.05) is 58.4 Å². The van der Waals surface area contributed by atoms with Gasteiger partial charge in [-0.05, 0) is 66.8 Å². The Hall–Kier alpha value is -2.59.